The highest BCUT2D eigenvalue weighted by atomic mass is 19.1. The molecular formula is C32H27F4N3O4. The van der Waals surface area contributed by atoms with E-state index in [4.69, 9.17) is 9.47 Å². The number of aromatic carboxylic acids is 1. The molecule has 5 rings (SSSR count). The Balaban J connectivity index is 1.45. The highest BCUT2D eigenvalue weighted by molar-refractivity contribution is 5.92. The van der Waals surface area contributed by atoms with Crippen LogP contribution in [0, 0.1) is 24.4 Å². The number of carboxylic acids is 1. The summed E-state index contributed by atoms with van der Waals surface area (Å²) in [6, 6.07) is 14.7. The molecule has 0 spiro atoms. The number of rotatable bonds is 11. The molecule has 0 aliphatic rings. The molecule has 0 aliphatic heterocycles. The number of ether oxygens (including phenoxy) is 2. The van der Waals surface area contributed by atoms with Crippen LogP contribution in [0.1, 0.15) is 38.9 Å². The summed E-state index contributed by atoms with van der Waals surface area (Å²) in [4.78, 5) is 20.3. The van der Waals surface area contributed by atoms with E-state index in [1.165, 1.54) is 48.1 Å². The van der Waals surface area contributed by atoms with Gasteiger partial charge in [-0.25, -0.2) is 32.3 Å². The topological polar surface area (TPSA) is 86.5 Å². The molecule has 0 radical (unpaired) electrons. The number of nitrogens with zero attached hydrogens (tertiary/aromatic N) is 3. The van der Waals surface area contributed by atoms with Gasteiger partial charge in [-0.15, -0.1) is 0 Å². The van der Waals surface area contributed by atoms with Crippen LogP contribution in [0.25, 0.3) is 22.3 Å². The maximum absolute atomic E-state index is 15.5. The minimum absolute atomic E-state index is 0.0282. The summed E-state index contributed by atoms with van der Waals surface area (Å²) in [7, 11) is 1.40. The van der Waals surface area contributed by atoms with Crippen molar-refractivity contribution in [3.63, 3.8) is 0 Å². The summed E-state index contributed by atoms with van der Waals surface area (Å²) in [5.74, 6) is -2.80. The van der Waals surface area contributed by atoms with Gasteiger partial charge in [0.1, 0.15) is 36.6 Å². The highest BCUT2D eigenvalue weighted by Crippen LogP contribution is 2.30. The number of benzene rings is 3. The molecule has 0 aliphatic carbocycles. The highest BCUT2D eigenvalue weighted by Gasteiger charge is 2.23. The fourth-order valence-corrected chi connectivity index (χ4v) is 4.84. The van der Waals surface area contributed by atoms with Crippen LogP contribution in [0.2, 0.25) is 0 Å². The lowest BCUT2D eigenvalue weighted by Gasteiger charge is -2.19. The molecule has 0 unspecified atom stereocenters. The molecule has 0 bridgehead atoms. The van der Waals surface area contributed by atoms with Crippen LogP contribution in [-0.2, 0) is 17.8 Å². The Hall–Kier alpha value is -4.77. The molecule has 2 aromatic heterocycles. The van der Waals surface area contributed by atoms with Gasteiger partial charge in [0.15, 0.2) is 0 Å². The summed E-state index contributed by atoms with van der Waals surface area (Å²) < 4.78 is 71.4. The zero-order valence-corrected chi connectivity index (χ0v) is 23.3. The van der Waals surface area contributed by atoms with Crippen molar-refractivity contribution in [1.82, 2.24) is 14.5 Å². The van der Waals surface area contributed by atoms with Crippen LogP contribution in [0.5, 0.6) is 5.88 Å². The first-order valence-corrected chi connectivity index (χ1v) is 13.3. The summed E-state index contributed by atoms with van der Waals surface area (Å²) in [6.07, 6.45) is -0.209. The molecule has 1 N–H and O–H groups in total. The summed E-state index contributed by atoms with van der Waals surface area (Å²) in [5.41, 5.74) is 1.71. The number of hydrogen-bond acceptors (Lipinski definition) is 5. The van der Waals surface area contributed by atoms with Gasteiger partial charge in [0, 0.05) is 30.7 Å². The van der Waals surface area contributed by atoms with Crippen molar-refractivity contribution in [3.05, 3.63) is 112 Å². The Labute approximate surface area is 244 Å². The SMILES string of the molecule is COC[C@H](CF)n1c(Cc2cc(F)c(-c3cccc(OCc4ccc(C)cc4F)n3)cc2F)nc2ccc(C(=O)O)cc21. The van der Waals surface area contributed by atoms with Crippen molar-refractivity contribution in [2.24, 2.45) is 0 Å². The molecule has 43 heavy (non-hydrogen) atoms. The maximum atomic E-state index is 15.5. The Morgan fingerprint density at radius 3 is 2.47 bits per heavy atom. The van der Waals surface area contributed by atoms with Crippen LogP contribution < -0.4 is 4.74 Å². The fourth-order valence-electron chi connectivity index (χ4n) is 4.84. The van der Waals surface area contributed by atoms with Gasteiger partial charge in [0.25, 0.3) is 0 Å². The van der Waals surface area contributed by atoms with Crippen molar-refractivity contribution in [2.75, 3.05) is 20.4 Å². The van der Waals surface area contributed by atoms with Gasteiger partial charge in [-0.3, -0.25) is 0 Å². The van der Waals surface area contributed by atoms with Gasteiger partial charge < -0.3 is 19.1 Å². The first-order valence-electron chi connectivity index (χ1n) is 13.3. The molecule has 0 saturated carbocycles. The van der Waals surface area contributed by atoms with E-state index < -0.39 is 36.1 Å². The number of carboxylic acid groups (broad SMARTS) is 1. The van der Waals surface area contributed by atoms with Gasteiger partial charge >= 0.3 is 5.97 Å². The molecule has 1 atom stereocenters. The number of aryl methyl sites for hydroxylation is 1. The molecule has 0 fully saturated rings. The molecule has 0 saturated heterocycles. The first-order chi connectivity index (χ1) is 20.7. The number of halogens is 4. The molecular weight excluding hydrogens is 566 g/mol. The molecule has 0 amide bonds. The third-order valence-electron chi connectivity index (χ3n) is 6.98. The largest absolute Gasteiger partial charge is 0.478 e. The lowest BCUT2D eigenvalue weighted by atomic mass is 10.0. The van der Waals surface area contributed by atoms with E-state index in [0.29, 0.717) is 16.6 Å². The van der Waals surface area contributed by atoms with Crippen molar-refractivity contribution >= 4 is 17.0 Å². The molecule has 11 heteroatoms. The second kappa shape index (κ2) is 12.6. The number of aromatic nitrogens is 3. The Kier molecular flexibility index (Phi) is 8.72. The van der Waals surface area contributed by atoms with Gasteiger partial charge in [-0.2, -0.15) is 0 Å². The second-order valence-corrected chi connectivity index (χ2v) is 10.0. The van der Waals surface area contributed by atoms with E-state index in [1.807, 2.05) is 0 Å². The van der Waals surface area contributed by atoms with Gasteiger partial charge in [0.2, 0.25) is 5.88 Å². The lowest BCUT2D eigenvalue weighted by molar-refractivity contribution is 0.0697. The van der Waals surface area contributed by atoms with Crippen LogP contribution in [0.4, 0.5) is 17.6 Å². The summed E-state index contributed by atoms with van der Waals surface area (Å²) in [6.45, 7) is 0.756. The van der Waals surface area contributed by atoms with Crippen molar-refractivity contribution in [2.45, 2.75) is 26.0 Å². The smallest absolute Gasteiger partial charge is 0.335 e. The zero-order chi connectivity index (χ0) is 30.7. The van der Waals surface area contributed by atoms with Crippen molar-refractivity contribution < 1.29 is 36.9 Å². The minimum atomic E-state index is -1.17. The molecule has 7 nitrogen and oxygen atoms in total. The monoisotopic (exact) mass is 593 g/mol. The van der Waals surface area contributed by atoms with Crippen molar-refractivity contribution in [3.8, 4) is 17.1 Å². The Morgan fingerprint density at radius 2 is 1.74 bits per heavy atom. The zero-order valence-electron chi connectivity index (χ0n) is 23.3. The van der Waals surface area contributed by atoms with E-state index in [-0.39, 0.29) is 53.7 Å². The lowest BCUT2D eigenvalue weighted by Crippen LogP contribution is -2.19. The van der Waals surface area contributed by atoms with Crippen LogP contribution >= 0.6 is 0 Å². The predicted octanol–water partition coefficient (Wildman–Crippen LogP) is 6.85. The Morgan fingerprint density at radius 1 is 0.953 bits per heavy atom. The normalized spacial score (nSPS) is 12.0. The van der Waals surface area contributed by atoms with E-state index in [1.54, 1.807) is 25.1 Å². The van der Waals surface area contributed by atoms with Gasteiger partial charge in [-0.05, 0) is 60.5 Å². The van der Waals surface area contributed by atoms with E-state index in [0.717, 1.165) is 17.7 Å². The average Bonchev–Trinajstić information content (AvgIpc) is 3.34. The minimum Gasteiger partial charge on any atom is -0.478 e. The van der Waals surface area contributed by atoms with Gasteiger partial charge in [0.05, 0.1) is 34.9 Å². The third kappa shape index (κ3) is 6.36. The second-order valence-electron chi connectivity index (χ2n) is 10.0. The van der Waals surface area contributed by atoms with Crippen LogP contribution in [0.3, 0.4) is 0 Å². The standard InChI is InChI=1S/C32H27F4N3O4/c1-18-6-7-20(24(34)10-18)16-43-31-5-3-4-27(38-31)23-14-25(35)21(11-26(23)36)13-30-37-28-9-8-19(32(40)41)12-29(28)39(30)22(15-33)17-42-2/h3-12,14,22H,13,15-17H2,1-2H3,(H,40,41)/t22-/m0/s1. The number of pyridine rings is 1. The summed E-state index contributed by atoms with van der Waals surface area (Å²) in [5, 5.41) is 9.43. The van der Waals surface area contributed by atoms with Gasteiger partial charge in [-0.1, -0.05) is 18.2 Å². The number of imidazole rings is 1. The summed E-state index contributed by atoms with van der Waals surface area (Å²) >= 11 is 0. The van der Waals surface area contributed by atoms with E-state index in [9.17, 15) is 18.7 Å². The van der Waals surface area contributed by atoms with Crippen LogP contribution in [0.15, 0.2) is 66.7 Å². The molecule has 5 aromatic rings. The average molecular weight is 594 g/mol. The molecule has 3 aromatic carbocycles. The molecule has 222 valence electrons. The number of hydrogen-bond donors (Lipinski definition) is 1. The Bertz CT molecular complexity index is 1810. The van der Waals surface area contributed by atoms with Crippen molar-refractivity contribution in [1.29, 1.82) is 0 Å². The first kappa shape index (κ1) is 29.7. The quantitative estimate of drug-likeness (QED) is 0.169. The van der Waals surface area contributed by atoms with Crippen LogP contribution in [-0.4, -0.2) is 46.0 Å². The number of methoxy groups -OCH3 is 1. The number of alkyl halides is 1. The third-order valence-corrected chi connectivity index (χ3v) is 6.98. The van der Waals surface area contributed by atoms with E-state index in [2.05, 4.69) is 9.97 Å². The number of carbonyl (C=O) groups is 1. The number of fused-ring (bicyclic) bond motifs is 1. The molecule has 2 heterocycles. The predicted molar refractivity (Wildman–Crippen MR) is 151 cm³/mol. The van der Waals surface area contributed by atoms with E-state index >= 15 is 8.78 Å². The maximum Gasteiger partial charge on any atom is 0.335 e. The fraction of sp³-hybridized carbons (Fsp3) is 0.219.